The third-order valence-corrected chi connectivity index (χ3v) is 8.59. The van der Waals surface area contributed by atoms with E-state index in [1.807, 2.05) is 56.3 Å². The summed E-state index contributed by atoms with van der Waals surface area (Å²) in [5.74, 6) is -1.04. The molecule has 2 N–H and O–H groups in total. The zero-order valence-electron chi connectivity index (χ0n) is 22.3. The van der Waals surface area contributed by atoms with Gasteiger partial charge in [0.25, 0.3) is 5.91 Å². The zero-order valence-corrected chi connectivity index (χ0v) is 23.2. The standard InChI is InChI=1S/C32H33NO5S/c1-4-33(26-14-18-28(19-15-26)39(37,38)27-16-12-25(13-17-27)22(2)3)32(36)29-20-24(21-30(34)31(29)35)11-10-23-8-6-5-7-9-23/h5-9,12-22,34-35H,4,10-11H2,1-3H3. The minimum atomic E-state index is -3.73. The number of nitrogens with zero attached hydrogens (tertiary/aromatic N) is 1. The maximum absolute atomic E-state index is 13.5. The highest BCUT2D eigenvalue weighted by atomic mass is 32.2. The molecule has 202 valence electrons. The monoisotopic (exact) mass is 543 g/mol. The van der Waals surface area contributed by atoms with Crippen LogP contribution in [0.5, 0.6) is 11.5 Å². The minimum Gasteiger partial charge on any atom is -0.504 e. The molecule has 0 saturated carbocycles. The highest BCUT2D eigenvalue weighted by Crippen LogP contribution is 2.33. The van der Waals surface area contributed by atoms with Crippen LogP contribution in [-0.2, 0) is 22.7 Å². The van der Waals surface area contributed by atoms with Crippen LogP contribution in [0, 0.1) is 0 Å². The average Bonchev–Trinajstić information content (AvgIpc) is 2.94. The van der Waals surface area contributed by atoms with Crippen LogP contribution in [-0.4, -0.2) is 31.1 Å². The summed E-state index contributed by atoms with van der Waals surface area (Å²) in [4.78, 5) is 15.3. The number of rotatable bonds is 9. The number of hydrogen-bond acceptors (Lipinski definition) is 5. The SMILES string of the molecule is CCN(C(=O)c1cc(CCc2ccccc2)cc(O)c1O)c1ccc(S(=O)(=O)c2ccc(C(C)C)cc2)cc1. The van der Waals surface area contributed by atoms with E-state index in [1.54, 1.807) is 37.3 Å². The van der Waals surface area contributed by atoms with Crippen LogP contribution in [0.4, 0.5) is 5.69 Å². The Bertz CT molecular complexity index is 1550. The van der Waals surface area contributed by atoms with Gasteiger partial charge >= 0.3 is 0 Å². The lowest BCUT2D eigenvalue weighted by Gasteiger charge is -2.22. The maximum atomic E-state index is 13.5. The van der Waals surface area contributed by atoms with E-state index in [4.69, 9.17) is 0 Å². The molecular weight excluding hydrogens is 510 g/mol. The van der Waals surface area contributed by atoms with E-state index >= 15 is 0 Å². The van der Waals surface area contributed by atoms with Crippen LogP contribution in [0.1, 0.15) is 53.7 Å². The van der Waals surface area contributed by atoms with Crippen molar-refractivity contribution in [3.05, 3.63) is 113 Å². The third-order valence-electron chi connectivity index (χ3n) is 6.80. The second-order valence-corrected chi connectivity index (χ2v) is 11.7. The van der Waals surface area contributed by atoms with Crippen molar-refractivity contribution in [1.29, 1.82) is 0 Å². The van der Waals surface area contributed by atoms with Gasteiger partial charge in [0.15, 0.2) is 11.5 Å². The van der Waals surface area contributed by atoms with E-state index < -0.39 is 21.5 Å². The number of hydrogen-bond donors (Lipinski definition) is 2. The first-order valence-electron chi connectivity index (χ1n) is 13.0. The van der Waals surface area contributed by atoms with Crippen molar-refractivity contribution >= 4 is 21.4 Å². The Balaban J connectivity index is 1.57. The zero-order chi connectivity index (χ0) is 28.2. The summed E-state index contributed by atoms with van der Waals surface area (Å²) < 4.78 is 26.3. The molecule has 0 unspecified atom stereocenters. The topological polar surface area (TPSA) is 94.9 Å². The summed E-state index contributed by atoms with van der Waals surface area (Å²) >= 11 is 0. The second kappa shape index (κ2) is 11.7. The molecule has 4 aromatic carbocycles. The fourth-order valence-electron chi connectivity index (χ4n) is 4.48. The van der Waals surface area contributed by atoms with Crippen LogP contribution in [0.15, 0.2) is 101 Å². The van der Waals surface area contributed by atoms with Crippen molar-refractivity contribution < 1.29 is 23.4 Å². The summed E-state index contributed by atoms with van der Waals surface area (Å²) in [6, 6.07) is 25.9. The molecule has 1 amide bonds. The molecule has 0 fully saturated rings. The van der Waals surface area contributed by atoms with Gasteiger partial charge in [0.2, 0.25) is 9.84 Å². The normalized spacial score (nSPS) is 11.5. The molecule has 0 aliphatic rings. The highest BCUT2D eigenvalue weighted by Gasteiger charge is 2.24. The van der Waals surface area contributed by atoms with Crippen LogP contribution in [0.3, 0.4) is 0 Å². The molecular formula is C32H33NO5S. The molecule has 0 heterocycles. The molecule has 4 rings (SSSR count). The fraction of sp³-hybridized carbons (Fsp3) is 0.219. The van der Waals surface area contributed by atoms with E-state index in [0.717, 1.165) is 16.7 Å². The first-order valence-corrected chi connectivity index (χ1v) is 14.5. The number of carbonyl (C=O) groups is 1. The van der Waals surface area contributed by atoms with Gasteiger partial charge in [0.05, 0.1) is 15.4 Å². The molecule has 0 aliphatic heterocycles. The van der Waals surface area contributed by atoms with Crippen molar-refractivity contribution in [2.24, 2.45) is 0 Å². The van der Waals surface area contributed by atoms with E-state index in [9.17, 15) is 23.4 Å². The quantitative estimate of drug-likeness (QED) is 0.235. The van der Waals surface area contributed by atoms with Crippen molar-refractivity contribution in [3.8, 4) is 11.5 Å². The number of amides is 1. The van der Waals surface area contributed by atoms with E-state index in [1.165, 1.54) is 23.1 Å². The molecule has 0 bridgehead atoms. The summed E-state index contributed by atoms with van der Waals surface area (Å²) in [7, 11) is -3.73. The van der Waals surface area contributed by atoms with E-state index in [-0.39, 0.29) is 27.6 Å². The van der Waals surface area contributed by atoms with Crippen LogP contribution in [0.2, 0.25) is 0 Å². The Morgan fingerprint density at radius 2 is 1.36 bits per heavy atom. The molecule has 0 aliphatic carbocycles. The number of carbonyl (C=O) groups excluding carboxylic acids is 1. The summed E-state index contributed by atoms with van der Waals surface area (Å²) in [5, 5.41) is 20.9. The van der Waals surface area contributed by atoms with Gasteiger partial charge in [-0.1, -0.05) is 56.3 Å². The Morgan fingerprint density at radius 3 is 1.92 bits per heavy atom. The lowest BCUT2D eigenvalue weighted by atomic mass is 10.0. The number of anilines is 1. The molecule has 0 spiro atoms. The van der Waals surface area contributed by atoms with Gasteiger partial charge in [-0.05, 0) is 90.9 Å². The van der Waals surface area contributed by atoms with Gasteiger partial charge in [-0.25, -0.2) is 8.42 Å². The van der Waals surface area contributed by atoms with E-state index in [0.29, 0.717) is 24.4 Å². The van der Waals surface area contributed by atoms with Gasteiger partial charge in [0, 0.05) is 12.2 Å². The lowest BCUT2D eigenvalue weighted by molar-refractivity contribution is 0.0985. The first-order chi connectivity index (χ1) is 18.6. The van der Waals surface area contributed by atoms with Crippen molar-refractivity contribution in [2.45, 2.75) is 49.3 Å². The predicted octanol–water partition coefficient (Wildman–Crippen LogP) is 6.51. The molecule has 0 saturated heterocycles. The van der Waals surface area contributed by atoms with Crippen molar-refractivity contribution in [1.82, 2.24) is 0 Å². The first kappa shape index (κ1) is 27.9. The molecule has 7 heteroatoms. The smallest absolute Gasteiger partial charge is 0.262 e. The Hall–Kier alpha value is -4.10. The highest BCUT2D eigenvalue weighted by molar-refractivity contribution is 7.91. The van der Waals surface area contributed by atoms with Gasteiger partial charge in [-0.2, -0.15) is 0 Å². The predicted molar refractivity (Wildman–Crippen MR) is 153 cm³/mol. The number of benzene rings is 4. The van der Waals surface area contributed by atoms with E-state index in [2.05, 4.69) is 0 Å². The van der Waals surface area contributed by atoms with Crippen molar-refractivity contribution in [3.63, 3.8) is 0 Å². The number of sulfone groups is 1. The van der Waals surface area contributed by atoms with Gasteiger partial charge in [0.1, 0.15) is 0 Å². The largest absolute Gasteiger partial charge is 0.504 e. The molecule has 4 aromatic rings. The molecule has 0 radical (unpaired) electrons. The summed E-state index contributed by atoms with van der Waals surface area (Å²) in [5.41, 5.74) is 3.37. The lowest BCUT2D eigenvalue weighted by Crippen LogP contribution is -2.30. The van der Waals surface area contributed by atoms with Crippen molar-refractivity contribution in [2.75, 3.05) is 11.4 Å². The minimum absolute atomic E-state index is 0.0122. The second-order valence-electron chi connectivity index (χ2n) is 9.77. The number of aryl methyl sites for hydroxylation is 2. The van der Waals surface area contributed by atoms with Crippen LogP contribution < -0.4 is 4.90 Å². The summed E-state index contributed by atoms with van der Waals surface area (Å²) in [6.45, 7) is 6.15. The number of phenolic OH excluding ortho intramolecular Hbond substituents is 2. The molecule has 0 atom stereocenters. The molecule has 39 heavy (non-hydrogen) atoms. The van der Waals surface area contributed by atoms with Gasteiger partial charge in [-0.3, -0.25) is 4.79 Å². The molecule has 6 nitrogen and oxygen atoms in total. The number of aromatic hydroxyl groups is 2. The fourth-order valence-corrected chi connectivity index (χ4v) is 5.74. The summed E-state index contributed by atoms with van der Waals surface area (Å²) in [6.07, 6.45) is 1.29. The Morgan fingerprint density at radius 1 is 0.795 bits per heavy atom. The van der Waals surface area contributed by atoms with Crippen LogP contribution in [0.25, 0.3) is 0 Å². The van der Waals surface area contributed by atoms with Crippen LogP contribution >= 0.6 is 0 Å². The third kappa shape index (κ3) is 6.15. The Kier molecular flexibility index (Phi) is 8.41. The number of phenols is 2. The Labute approximate surface area is 230 Å². The molecule has 0 aromatic heterocycles. The van der Waals surface area contributed by atoms with Gasteiger partial charge < -0.3 is 15.1 Å². The maximum Gasteiger partial charge on any atom is 0.262 e. The van der Waals surface area contributed by atoms with Gasteiger partial charge in [-0.15, -0.1) is 0 Å². The average molecular weight is 544 g/mol.